The van der Waals surface area contributed by atoms with Crippen molar-refractivity contribution in [3.8, 4) is 5.75 Å². The van der Waals surface area contributed by atoms with Gasteiger partial charge in [0.15, 0.2) is 0 Å². The SMILES string of the molecule is CC(C)c1nccc(OC2CC2)c1I. The highest BCUT2D eigenvalue weighted by molar-refractivity contribution is 14.1. The number of aromatic nitrogens is 1. The second-order valence-electron chi connectivity index (χ2n) is 3.98. The van der Waals surface area contributed by atoms with Crippen LogP contribution in [0, 0.1) is 3.57 Å². The molecule has 3 heteroatoms. The zero-order chi connectivity index (χ0) is 10.1. The summed E-state index contributed by atoms with van der Waals surface area (Å²) in [5.41, 5.74) is 1.14. The van der Waals surface area contributed by atoms with Crippen LogP contribution in [0.25, 0.3) is 0 Å². The van der Waals surface area contributed by atoms with Gasteiger partial charge in [-0.1, -0.05) is 13.8 Å². The number of ether oxygens (including phenoxy) is 1. The van der Waals surface area contributed by atoms with Crippen LogP contribution in [-0.4, -0.2) is 11.1 Å². The van der Waals surface area contributed by atoms with Gasteiger partial charge in [-0.25, -0.2) is 0 Å². The van der Waals surface area contributed by atoms with E-state index < -0.39 is 0 Å². The van der Waals surface area contributed by atoms with E-state index in [-0.39, 0.29) is 0 Å². The standard InChI is InChI=1S/C11H14INO/c1-7(2)11-10(12)9(5-6-13-11)14-8-3-4-8/h5-8H,3-4H2,1-2H3. The van der Waals surface area contributed by atoms with Crippen molar-refractivity contribution >= 4 is 22.6 Å². The molecule has 0 spiro atoms. The molecule has 0 bridgehead atoms. The molecule has 2 nitrogen and oxygen atoms in total. The number of halogens is 1. The molecule has 1 aliphatic carbocycles. The smallest absolute Gasteiger partial charge is 0.136 e. The third-order valence-corrected chi connectivity index (χ3v) is 3.33. The molecule has 0 radical (unpaired) electrons. The van der Waals surface area contributed by atoms with Gasteiger partial charge in [-0.15, -0.1) is 0 Å². The molecule has 0 saturated heterocycles. The molecular formula is C11H14INO. The molecule has 0 unspecified atom stereocenters. The lowest BCUT2D eigenvalue weighted by Gasteiger charge is -2.11. The highest BCUT2D eigenvalue weighted by Gasteiger charge is 2.25. The molecule has 1 aromatic heterocycles. The molecule has 1 aliphatic rings. The van der Waals surface area contributed by atoms with Gasteiger partial charge in [-0.05, 0) is 47.4 Å². The summed E-state index contributed by atoms with van der Waals surface area (Å²) in [5, 5.41) is 0. The van der Waals surface area contributed by atoms with E-state index in [0.717, 1.165) is 11.4 Å². The molecule has 76 valence electrons. The Labute approximate surface area is 98.2 Å². The highest BCUT2D eigenvalue weighted by atomic mass is 127. The lowest BCUT2D eigenvalue weighted by atomic mass is 10.1. The first-order valence-electron chi connectivity index (χ1n) is 4.99. The van der Waals surface area contributed by atoms with E-state index in [4.69, 9.17) is 4.74 Å². The van der Waals surface area contributed by atoms with Crippen molar-refractivity contribution in [2.75, 3.05) is 0 Å². The molecule has 2 rings (SSSR count). The average Bonchev–Trinajstić information content (AvgIpc) is 2.92. The van der Waals surface area contributed by atoms with Crippen LogP contribution < -0.4 is 4.74 Å². The van der Waals surface area contributed by atoms with E-state index in [9.17, 15) is 0 Å². The van der Waals surface area contributed by atoms with E-state index >= 15 is 0 Å². The van der Waals surface area contributed by atoms with Crippen LogP contribution in [0.1, 0.15) is 38.3 Å². The quantitative estimate of drug-likeness (QED) is 0.799. The summed E-state index contributed by atoms with van der Waals surface area (Å²) in [6.45, 7) is 4.32. The molecule has 1 heterocycles. The van der Waals surface area contributed by atoms with Gasteiger partial charge in [0, 0.05) is 6.20 Å². The second kappa shape index (κ2) is 4.04. The summed E-state index contributed by atoms with van der Waals surface area (Å²) in [5.74, 6) is 1.47. The van der Waals surface area contributed by atoms with Crippen molar-refractivity contribution < 1.29 is 4.74 Å². The monoisotopic (exact) mass is 303 g/mol. The lowest BCUT2D eigenvalue weighted by Crippen LogP contribution is -2.02. The topological polar surface area (TPSA) is 22.1 Å². The maximum atomic E-state index is 5.80. The molecule has 1 aromatic rings. The van der Waals surface area contributed by atoms with Crippen molar-refractivity contribution in [3.63, 3.8) is 0 Å². The van der Waals surface area contributed by atoms with Crippen LogP contribution in [0.5, 0.6) is 5.75 Å². The van der Waals surface area contributed by atoms with Gasteiger partial charge < -0.3 is 4.74 Å². The number of hydrogen-bond acceptors (Lipinski definition) is 2. The minimum Gasteiger partial charge on any atom is -0.489 e. The summed E-state index contributed by atoms with van der Waals surface area (Å²) in [6, 6.07) is 1.96. The van der Waals surface area contributed by atoms with E-state index in [2.05, 4.69) is 41.4 Å². The van der Waals surface area contributed by atoms with Crippen LogP contribution in [0.2, 0.25) is 0 Å². The molecule has 1 saturated carbocycles. The third kappa shape index (κ3) is 2.19. The van der Waals surface area contributed by atoms with Gasteiger partial charge in [-0.3, -0.25) is 4.98 Å². The van der Waals surface area contributed by atoms with Gasteiger partial charge in [0.1, 0.15) is 5.75 Å². The predicted octanol–water partition coefficient (Wildman–Crippen LogP) is 3.35. The number of nitrogens with zero attached hydrogens (tertiary/aromatic N) is 1. The van der Waals surface area contributed by atoms with Crippen molar-refractivity contribution in [1.82, 2.24) is 4.98 Å². The average molecular weight is 303 g/mol. The van der Waals surface area contributed by atoms with Crippen molar-refractivity contribution in [2.24, 2.45) is 0 Å². The summed E-state index contributed by atoms with van der Waals surface area (Å²) in [4.78, 5) is 4.38. The molecule has 0 aromatic carbocycles. The van der Waals surface area contributed by atoms with Gasteiger partial charge in [0.25, 0.3) is 0 Å². The Morgan fingerprint density at radius 2 is 2.21 bits per heavy atom. The molecule has 14 heavy (non-hydrogen) atoms. The van der Waals surface area contributed by atoms with Crippen molar-refractivity contribution in [1.29, 1.82) is 0 Å². The van der Waals surface area contributed by atoms with E-state index in [1.807, 2.05) is 12.3 Å². The van der Waals surface area contributed by atoms with E-state index in [0.29, 0.717) is 12.0 Å². The maximum absolute atomic E-state index is 5.80. The minimum absolute atomic E-state index is 0.463. The first-order chi connectivity index (χ1) is 6.68. The lowest BCUT2D eigenvalue weighted by molar-refractivity contribution is 0.300. The fraction of sp³-hybridized carbons (Fsp3) is 0.545. The largest absolute Gasteiger partial charge is 0.489 e. The summed E-state index contributed by atoms with van der Waals surface area (Å²) in [7, 11) is 0. The molecule has 0 atom stereocenters. The van der Waals surface area contributed by atoms with Crippen molar-refractivity contribution in [2.45, 2.75) is 38.7 Å². The molecule has 0 N–H and O–H groups in total. The zero-order valence-electron chi connectivity index (χ0n) is 8.46. The van der Waals surface area contributed by atoms with Gasteiger partial charge >= 0.3 is 0 Å². The Hall–Kier alpha value is -0.320. The Bertz CT molecular complexity index is 334. The first-order valence-corrected chi connectivity index (χ1v) is 6.07. The van der Waals surface area contributed by atoms with Crippen LogP contribution in [0.3, 0.4) is 0 Å². The van der Waals surface area contributed by atoms with Crippen LogP contribution in [0.4, 0.5) is 0 Å². The van der Waals surface area contributed by atoms with Crippen LogP contribution in [0.15, 0.2) is 12.3 Å². The number of hydrogen-bond donors (Lipinski definition) is 0. The Morgan fingerprint density at radius 1 is 1.50 bits per heavy atom. The van der Waals surface area contributed by atoms with E-state index in [1.54, 1.807) is 0 Å². The van der Waals surface area contributed by atoms with Gasteiger partial charge in [-0.2, -0.15) is 0 Å². The zero-order valence-corrected chi connectivity index (χ0v) is 10.6. The van der Waals surface area contributed by atoms with Crippen molar-refractivity contribution in [3.05, 3.63) is 21.5 Å². The van der Waals surface area contributed by atoms with Gasteiger partial charge in [0.05, 0.1) is 15.4 Å². The molecule has 0 amide bonds. The Morgan fingerprint density at radius 3 is 2.79 bits per heavy atom. The van der Waals surface area contributed by atoms with E-state index in [1.165, 1.54) is 16.4 Å². The molecule has 0 aliphatic heterocycles. The Balaban J connectivity index is 2.25. The van der Waals surface area contributed by atoms with Crippen LogP contribution in [-0.2, 0) is 0 Å². The fourth-order valence-corrected chi connectivity index (χ4v) is 2.37. The number of rotatable bonds is 3. The first kappa shape index (κ1) is 10.2. The third-order valence-electron chi connectivity index (χ3n) is 2.25. The molecule has 1 fully saturated rings. The fourth-order valence-electron chi connectivity index (χ4n) is 1.30. The number of pyridine rings is 1. The Kier molecular flexibility index (Phi) is 2.95. The normalized spacial score (nSPS) is 16.0. The van der Waals surface area contributed by atoms with Crippen LogP contribution >= 0.6 is 22.6 Å². The predicted molar refractivity (Wildman–Crippen MR) is 64.7 cm³/mol. The molecular weight excluding hydrogens is 289 g/mol. The highest BCUT2D eigenvalue weighted by Crippen LogP contribution is 2.32. The summed E-state index contributed by atoms with van der Waals surface area (Å²) >= 11 is 2.33. The minimum atomic E-state index is 0.463. The summed E-state index contributed by atoms with van der Waals surface area (Å²) in [6.07, 6.45) is 4.71. The maximum Gasteiger partial charge on any atom is 0.136 e. The van der Waals surface area contributed by atoms with Gasteiger partial charge in [0.2, 0.25) is 0 Å². The second-order valence-corrected chi connectivity index (χ2v) is 5.06. The summed E-state index contributed by atoms with van der Waals surface area (Å²) < 4.78 is 6.97.